The lowest BCUT2D eigenvalue weighted by atomic mass is 10.1. The summed E-state index contributed by atoms with van der Waals surface area (Å²) in [4.78, 5) is 12.8. The van der Waals surface area contributed by atoms with E-state index in [4.69, 9.17) is 32.7 Å². The first kappa shape index (κ1) is 20.6. The van der Waals surface area contributed by atoms with Gasteiger partial charge in [0.2, 0.25) is 0 Å². The Kier molecular flexibility index (Phi) is 5.88. The van der Waals surface area contributed by atoms with Gasteiger partial charge in [-0.1, -0.05) is 53.0 Å². The third-order valence-electron chi connectivity index (χ3n) is 4.86. The van der Waals surface area contributed by atoms with Crippen molar-refractivity contribution in [2.24, 2.45) is 0 Å². The van der Waals surface area contributed by atoms with E-state index in [1.54, 1.807) is 17.7 Å². The number of hydrogen-bond donors (Lipinski definition) is 1. The molecule has 2 aromatic carbocycles. The number of amides is 1. The van der Waals surface area contributed by atoms with Crippen molar-refractivity contribution < 1.29 is 14.3 Å². The Bertz CT molecular complexity index is 1090. The molecule has 1 aliphatic rings. The quantitative estimate of drug-likeness (QED) is 0.625. The predicted octanol–water partition coefficient (Wildman–Crippen LogP) is 4.56. The molecule has 0 saturated carbocycles. The van der Waals surface area contributed by atoms with Gasteiger partial charge in [-0.05, 0) is 37.1 Å². The summed E-state index contributed by atoms with van der Waals surface area (Å²) in [7, 11) is 0. The SMILES string of the molecule is Cc1ccc(Cn2nc(C)c(C(=O)NCc3cc(Cl)c4c(c3)OCCO4)c2Cl)cc1. The summed E-state index contributed by atoms with van der Waals surface area (Å²) in [5, 5.41) is 8.09. The van der Waals surface area contributed by atoms with Gasteiger partial charge >= 0.3 is 0 Å². The highest BCUT2D eigenvalue weighted by atomic mass is 35.5. The molecule has 2 heterocycles. The van der Waals surface area contributed by atoms with Gasteiger partial charge in [0.15, 0.2) is 11.5 Å². The average molecular weight is 446 g/mol. The molecular formula is C22H21Cl2N3O3. The number of aryl methyl sites for hydroxylation is 2. The van der Waals surface area contributed by atoms with Crippen molar-refractivity contribution >= 4 is 29.1 Å². The number of carbonyl (C=O) groups excluding carboxylic acids is 1. The van der Waals surface area contributed by atoms with Crippen molar-refractivity contribution in [3.05, 3.63) is 74.5 Å². The van der Waals surface area contributed by atoms with Crippen LogP contribution in [0.5, 0.6) is 11.5 Å². The van der Waals surface area contributed by atoms with Crippen LogP contribution >= 0.6 is 23.2 Å². The molecule has 0 saturated heterocycles. The number of rotatable bonds is 5. The molecule has 30 heavy (non-hydrogen) atoms. The molecule has 1 N–H and O–H groups in total. The summed E-state index contributed by atoms with van der Waals surface area (Å²) in [6, 6.07) is 11.7. The van der Waals surface area contributed by atoms with Gasteiger partial charge in [-0.25, -0.2) is 4.68 Å². The minimum Gasteiger partial charge on any atom is -0.486 e. The third kappa shape index (κ3) is 4.25. The molecule has 0 radical (unpaired) electrons. The van der Waals surface area contributed by atoms with E-state index in [1.165, 1.54) is 5.56 Å². The second-order valence-corrected chi connectivity index (χ2v) is 7.94. The highest BCUT2D eigenvalue weighted by molar-refractivity contribution is 6.33. The maximum absolute atomic E-state index is 12.8. The lowest BCUT2D eigenvalue weighted by molar-refractivity contribution is 0.0950. The molecule has 156 valence electrons. The van der Waals surface area contributed by atoms with Gasteiger partial charge in [0, 0.05) is 6.54 Å². The summed E-state index contributed by atoms with van der Waals surface area (Å²) in [6.45, 7) is 5.50. The van der Waals surface area contributed by atoms with Gasteiger partial charge in [0.25, 0.3) is 5.91 Å². The van der Waals surface area contributed by atoms with E-state index < -0.39 is 0 Å². The van der Waals surface area contributed by atoms with Crippen LogP contribution in [-0.4, -0.2) is 28.9 Å². The molecule has 0 atom stereocenters. The molecule has 4 rings (SSSR count). The van der Waals surface area contributed by atoms with Crippen molar-refractivity contribution in [1.29, 1.82) is 0 Å². The van der Waals surface area contributed by atoms with Crippen LogP contribution < -0.4 is 14.8 Å². The van der Waals surface area contributed by atoms with Crippen LogP contribution in [0.4, 0.5) is 0 Å². The Balaban J connectivity index is 1.48. The predicted molar refractivity (Wildman–Crippen MR) is 116 cm³/mol. The highest BCUT2D eigenvalue weighted by Gasteiger charge is 2.21. The second-order valence-electron chi connectivity index (χ2n) is 7.18. The summed E-state index contributed by atoms with van der Waals surface area (Å²) in [5.41, 5.74) is 3.99. The van der Waals surface area contributed by atoms with E-state index in [2.05, 4.69) is 10.4 Å². The zero-order chi connectivity index (χ0) is 21.3. The fourth-order valence-corrected chi connectivity index (χ4v) is 3.93. The van der Waals surface area contributed by atoms with Gasteiger partial charge < -0.3 is 14.8 Å². The molecule has 3 aromatic rings. The number of benzene rings is 2. The van der Waals surface area contributed by atoms with E-state index in [-0.39, 0.29) is 12.5 Å². The van der Waals surface area contributed by atoms with Crippen LogP contribution in [0.25, 0.3) is 0 Å². The van der Waals surface area contributed by atoms with Crippen LogP contribution in [0.1, 0.15) is 32.7 Å². The maximum atomic E-state index is 12.8. The molecule has 0 bridgehead atoms. The Morgan fingerprint density at radius 2 is 1.83 bits per heavy atom. The lowest BCUT2D eigenvalue weighted by Gasteiger charge is -2.20. The van der Waals surface area contributed by atoms with Gasteiger partial charge in [-0.15, -0.1) is 0 Å². The van der Waals surface area contributed by atoms with Crippen molar-refractivity contribution in [3.63, 3.8) is 0 Å². The maximum Gasteiger partial charge on any atom is 0.256 e. The molecular weight excluding hydrogens is 425 g/mol. The van der Waals surface area contributed by atoms with E-state index in [9.17, 15) is 4.79 Å². The lowest BCUT2D eigenvalue weighted by Crippen LogP contribution is -2.24. The number of carbonyl (C=O) groups is 1. The number of ether oxygens (including phenoxy) is 2. The van der Waals surface area contributed by atoms with Crippen molar-refractivity contribution in [2.45, 2.75) is 26.9 Å². The topological polar surface area (TPSA) is 65.4 Å². The second kappa shape index (κ2) is 8.58. The van der Waals surface area contributed by atoms with Gasteiger partial charge in [0.1, 0.15) is 18.4 Å². The summed E-state index contributed by atoms with van der Waals surface area (Å²) in [6.07, 6.45) is 0. The van der Waals surface area contributed by atoms with Crippen LogP contribution in [0.2, 0.25) is 10.2 Å². The summed E-state index contributed by atoms with van der Waals surface area (Å²) >= 11 is 12.8. The first-order chi connectivity index (χ1) is 14.4. The first-order valence-corrected chi connectivity index (χ1v) is 10.3. The molecule has 0 unspecified atom stereocenters. The Hall–Kier alpha value is -2.70. The van der Waals surface area contributed by atoms with Crippen LogP contribution in [0.3, 0.4) is 0 Å². The highest BCUT2D eigenvalue weighted by Crippen LogP contribution is 2.38. The fraction of sp³-hybridized carbons (Fsp3) is 0.273. The van der Waals surface area contributed by atoms with Crippen molar-refractivity contribution in [2.75, 3.05) is 13.2 Å². The Morgan fingerprint density at radius 3 is 2.60 bits per heavy atom. The van der Waals surface area contributed by atoms with Gasteiger partial charge in [-0.3, -0.25) is 4.79 Å². The van der Waals surface area contributed by atoms with Gasteiger partial charge in [0.05, 0.1) is 22.8 Å². The van der Waals surface area contributed by atoms with E-state index in [0.717, 1.165) is 11.1 Å². The Labute approximate surface area is 184 Å². The van der Waals surface area contributed by atoms with Crippen LogP contribution in [-0.2, 0) is 13.1 Å². The average Bonchev–Trinajstić information content (AvgIpc) is 3.01. The standard InChI is InChI=1S/C22H21Cl2N3O3/c1-13-3-5-15(6-4-13)12-27-21(24)19(14(2)26-27)22(28)25-11-16-9-17(23)20-18(10-16)29-7-8-30-20/h3-6,9-10H,7-8,11-12H2,1-2H3,(H,25,28). The number of fused-ring (bicyclic) bond motifs is 1. The summed E-state index contributed by atoms with van der Waals surface area (Å²) < 4.78 is 12.7. The van der Waals surface area contributed by atoms with E-state index in [1.807, 2.05) is 37.3 Å². The van der Waals surface area contributed by atoms with Crippen LogP contribution in [0.15, 0.2) is 36.4 Å². The molecule has 0 spiro atoms. The molecule has 1 aliphatic heterocycles. The molecule has 8 heteroatoms. The number of halogens is 2. The van der Waals surface area contributed by atoms with Crippen molar-refractivity contribution in [3.8, 4) is 11.5 Å². The number of nitrogens with one attached hydrogen (secondary N) is 1. The fourth-order valence-electron chi connectivity index (χ4n) is 3.32. The number of hydrogen-bond acceptors (Lipinski definition) is 4. The molecule has 6 nitrogen and oxygen atoms in total. The molecule has 1 amide bonds. The monoisotopic (exact) mass is 445 g/mol. The summed E-state index contributed by atoms with van der Waals surface area (Å²) in [5.74, 6) is 0.825. The third-order valence-corrected chi connectivity index (χ3v) is 5.52. The number of aromatic nitrogens is 2. The molecule has 1 aromatic heterocycles. The zero-order valence-electron chi connectivity index (χ0n) is 16.7. The van der Waals surface area contributed by atoms with Gasteiger partial charge in [-0.2, -0.15) is 5.10 Å². The number of nitrogens with zero attached hydrogens (tertiary/aromatic N) is 2. The largest absolute Gasteiger partial charge is 0.486 e. The first-order valence-electron chi connectivity index (χ1n) is 9.57. The van der Waals surface area contributed by atoms with E-state index in [0.29, 0.717) is 52.7 Å². The zero-order valence-corrected chi connectivity index (χ0v) is 18.2. The van der Waals surface area contributed by atoms with Crippen molar-refractivity contribution in [1.82, 2.24) is 15.1 Å². The molecule has 0 fully saturated rings. The van der Waals surface area contributed by atoms with Crippen LogP contribution in [0, 0.1) is 13.8 Å². The minimum absolute atomic E-state index is 0.272. The normalized spacial score (nSPS) is 12.7. The smallest absolute Gasteiger partial charge is 0.256 e. The van der Waals surface area contributed by atoms with E-state index >= 15 is 0 Å². The Morgan fingerprint density at radius 1 is 1.10 bits per heavy atom. The minimum atomic E-state index is -0.293. The molecule has 0 aliphatic carbocycles.